The molecule has 0 aliphatic rings. The lowest BCUT2D eigenvalue weighted by molar-refractivity contribution is -0.386. The van der Waals surface area contributed by atoms with Crippen molar-refractivity contribution in [1.29, 1.82) is 0 Å². The van der Waals surface area contributed by atoms with Gasteiger partial charge in [-0.25, -0.2) is 0 Å². The topological polar surface area (TPSA) is 133 Å². The lowest BCUT2D eigenvalue weighted by Crippen LogP contribution is -2.18. The Bertz CT molecular complexity index is 956. The van der Waals surface area contributed by atoms with Gasteiger partial charge in [-0.15, -0.1) is 0 Å². The molecular formula is C17H21N5O5. The van der Waals surface area contributed by atoms with E-state index in [0.717, 1.165) is 4.68 Å². The molecule has 144 valence electrons. The molecule has 2 rings (SSSR count). The first-order valence-electron chi connectivity index (χ1n) is 8.13. The van der Waals surface area contributed by atoms with Gasteiger partial charge in [0, 0.05) is 24.1 Å². The van der Waals surface area contributed by atoms with Crippen LogP contribution in [0.4, 0.5) is 17.1 Å². The first kappa shape index (κ1) is 20.0. The molecule has 0 atom stereocenters. The predicted octanol–water partition coefficient (Wildman–Crippen LogP) is 3.40. The number of hydrogen-bond donors (Lipinski definition) is 1. The zero-order chi connectivity index (χ0) is 20.7. The van der Waals surface area contributed by atoms with Crippen LogP contribution in [0.5, 0.6) is 0 Å². The molecule has 1 aromatic heterocycles. The quantitative estimate of drug-likeness (QED) is 0.643. The van der Waals surface area contributed by atoms with Crippen LogP contribution in [-0.2, 0) is 12.5 Å². The molecule has 10 heteroatoms. The third-order valence-corrected chi connectivity index (χ3v) is 4.12. The van der Waals surface area contributed by atoms with Crippen molar-refractivity contribution in [1.82, 2.24) is 9.78 Å². The van der Waals surface area contributed by atoms with Crippen LogP contribution < -0.4 is 5.32 Å². The number of carbonyl (C=O) groups excluding carboxylic acids is 1. The van der Waals surface area contributed by atoms with Crippen LogP contribution in [0.1, 0.15) is 48.1 Å². The lowest BCUT2D eigenvalue weighted by atomic mass is 9.91. The fraction of sp³-hybridized carbons (Fsp3) is 0.412. The first-order chi connectivity index (χ1) is 12.3. The third kappa shape index (κ3) is 3.78. The van der Waals surface area contributed by atoms with Gasteiger partial charge in [-0.3, -0.25) is 29.7 Å². The minimum absolute atomic E-state index is 0.147. The number of anilines is 1. The smallest absolute Gasteiger partial charge is 0.320 e. The molecule has 27 heavy (non-hydrogen) atoms. The molecule has 2 aromatic rings. The van der Waals surface area contributed by atoms with Crippen molar-refractivity contribution < 1.29 is 14.6 Å². The molecule has 0 unspecified atom stereocenters. The minimum atomic E-state index is -0.756. The molecule has 1 amide bonds. The second-order valence-electron chi connectivity index (χ2n) is 7.34. The first-order valence-corrected chi connectivity index (χ1v) is 8.13. The monoisotopic (exact) mass is 375 g/mol. The SMILES string of the molecule is Cc1cc(C)c([N+](=O)[O-])cc1NC(=O)c1c([N+](=O)[O-])c(C(C)(C)C)nn1C. The van der Waals surface area contributed by atoms with Gasteiger partial charge < -0.3 is 5.32 Å². The number of aryl methyl sites for hydroxylation is 3. The minimum Gasteiger partial charge on any atom is -0.320 e. The Morgan fingerprint density at radius 2 is 1.70 bits per heavy atom. The highest BCUT2D eigenvalue weighted by Crippen LogP contribution is 2.34. The number of nitrogens with one attached hydrogen (secondary N) is 1. The summed E-state index contributed by atoms with van der Waals surface area (Å²) in [7, 11) is 1.45. The fourth-order valence-corrected chi connectivity index (χ4v) is 2.80. The lowest BCUT2D eigenvalue weighted by Gasteiger charge is -2.13. The molecule has 0 saturated carbocycles. The van der Waals surface area contributed by atoms with E-state index in [0.29, 0.717) is 11.1 Å². The van der Waals surface area contributed by atoms with Crippen molar-refractivity contribution in [2.75, 3.05) is 5.32 Å². The van der Waals surface area contributed by atoms with Crippen molar-refractivity contribution in [3.05, 3.63) is 54.9 Å². The molecule has 1 N–H and O–H groups in total. The summed E-state index contributed by atoms with van der Waals surface area (Å²) < 4.78 is 1.16. The number of nitrogens with zero attached hydrogens (tertiary/aromatic N) is 4. The molecule has 0 fully saturated rings. The third-order valence-electron chi connectivity index (χ3n) is 4.12. The molecule has 0 saturated heterocycles. The fourth-order valence-electron chi connectivity index (χ4n) is 2.80. The summed E-state index contributed by atoms with van der Waals surface area (Å²) in [6.45, 7) is 8.56. The summed E-state index contributed by atoms with van der Waals surface area (Å²) in [5, 5.41) is 29.4. The summed E-state index contributed by atoms with van der Waals surface area (Å²) in [6, 6.07) is 2.82. The number of carbonyl (C=O) groups is 1. The Morgan fingerprint density at radius 1 is 1.11 bits per heavy atom. The standard InChI is InChI=1S/C17H21N5O5/c1-9-7-10(2)12(21(24)25)8-11(9)18-16(23)14-13(22(26)27)15(17(3,4)5)19-20(14)6/h7-8H,1-6H3,(H,18,23). The number of rotatable bonds is 4. The van der Waals surface area contributed by atoms with E-state index >= 15 is 0 Å². The van der Waals surface area contributed by atoms with Gasteiger partial charge in [0.05, 0.1) is 15.5 Å². The Hall–Kier alpha value is -3.30. The van der Waals surface area contributed by atoms with E-state index in [9.17, 15) is 25.0 Å². The van der Waals surface area contributed by atoms with Crippen LogP contribution in [0, 0.1) is 34.1 Å². The van der Waals surface area contributed by atoms with Gasteiger partial charge in [-0.1, -0.05) is 20.8 Å². The summed E-state index contributed by atoms with van der Waals surface area (Å²) >= 11 is 0. The Balaban J connectivity index is 2.55. The van der Waals surface area contributed by atoms with Crippen molar-refractivity contribution in [2.45, 2.75) is 40.0 Å². The zero-order valence-corrected chi connectivity index (χ0v) is 16.0. The van der Waals surface area contributed by atoms with Gasteiger partial charge in [0.1, 0.15) is 5.69 Å². The Kier molecular flexibility index (Phi) is 5.03. The number of nitro groups is 2. The largest absolute Gasteiger partial charge is 0.323 e. The molecular weight excluding hydrogens is 354 g/mol. The number of hydrogen-bond acceptors (Lipinski definition) is 6. The Morgan fingerprint density at radius 3 is 2.19 bits per heavy atom. The van der Waals surface area contributed by atoms with Crippen molar-refractivity contribution in [2.24, 2.45) is 7.05 Å². The van der Waals surface area contributed by atoms with Crippen molar-refractivity contribution in [3.63, 3.8) is 0 Å². The van der Waals surface area contributed by atoms with Crippen LogP contribution >= 0.6 is 0 Å². The van der Waals surface area contributed by atoms with E-state index in [1.165, 1.54) is 13.1 Å². The molecule has 10 nitrogen and oxygen atoms in total. The van der Waals surface area contributed by atoms with E-state index in [1.807, 2.05) is 0 Å². The number of amides is 1. The van der Waals surface area contributed by atoms with E-state index in [-0.39, 0.29) is 28.5 Å². The second kappa shape index (κ2) is 6.78. The summed E-state index contributed by atoms with van der Waals surface area (Å²) in [4.78, 5) is 34.3. The molecule has 0 aliphatic heterocycles. The van der Waals surface area contributed by atoms with Gasteiger partial charge in [-0.05, 0) is 25.5 Å². The predicted molar refractivity (Wildman–Crippen MR) is 99.1 cm³/mol. The number of aromatic nitrogens is 2. The number of nitro benzene ring substituents is 1. The maximum atomic E-state index is 12.8. The highest BCUT2D eigenvalue weighted by Gasteiger charge is 2.37. The summed E-state index contributed by atoms with van der Waals surface area (Å²) in [5.41, 5.74) is 0.0818. The van der Waals surface area contributed by atoms with Crippen LogP contribution in [0.15, 0.2) is 12.1 Å². The van der Waals surface area contributed by atoms with Crippen molar-refractivity contribution >= 4 is 23.0 Å². The molecule has 0 radical (unpaired) electrons. The van der Waals surface area contributed by atoms with Gasteiger partial charge in [0.15, 0.2) is 0 Å². The van der Waals surface area contributed by atoms with Gasteiger partial charge >= 0.3 is 5.69 Å². The zero-order valence-electron chi connectivity index (χ0n) is 16.0. The normalized spacial score (nSPS) is 11.3. The molecule has 0 aliphatic carbocycles. The molecule has 1 heterocycles. The molecule has 0 bridgehead atoms. The average Bonchev–Trinajstić information content (AvgIpc) is 2.87. The van der Waals surface area contributed by atoms with Crippen LogP contribution in [0.2, 0.25) is 0 Å². The number of benzene rings is 1. The van der Waals surface area contributed by atoms with Crippen molar-refractivity contribution in [3.8, 4) is 0 Å². The highest BCUT2D eigenvalue weighted by atomic mass is 16.6. The Labute approximate surface area is 155 Å². The summed E-state index contributed by atoms with van der Waals surface area (Å²) in [6.07, 6.45) is 0. The summed E-state index contributed by atoms with van der Waals surface area (Å²) in [5.74, 6) is -0.756. The van der Waals surface area contributed by atoms with E-state index in [1.54, 1.807) is 40.7 Å². The maximum absolute atomic E-state index is 12.8. The van der Waals surface area contributed by atoms with Crippen LogP contribution in [0.25, 0.3) is 0 Å². The average molecular weight is 375 g/mol. The van der Waals surface area contributed by atoms with E-state index in [4.69, 9.17) is 0 Å². The molecule has 1 aromatic carbocycles. The van der Waals surface area contributed by atoms with E-state index in [2.05, 4.69) is 10.4 Å². The second-order valence-corrected chi connectivity index (χ2v) is 7.34. The highest BCUT2D eigenvalue weighted by molar-refractivity contribution is 6.06. The molecule has 0 spiro atoms. The maximum Gasteiger partial charge on any atom is 0.323 e. The van der Waals surface area contributed by atoms with Crippen LogP contribution in [-0.4, -0.2) is 25.5 Å². The van der Waals surface area contributed by atoms with Gasteiger partial charge in [-0.2, -0.15) is 5.10 Å². The van der Waals surface area contributed by atoms with Gasteiger partial charge in [0.2, 0.25) is 5.69 Å². The van der Waals surface area contributed by atoms with E-state index < -0.39 is 21.2 Å². The van der Waals surface area contributed by atoms with Gasteiger partial charge in [0.25, 0.3) is 11.6 Å². The van der Waals surface area contributed by atoms with Crippen LogP contribution in [0.3, 0.4) is 0 Å².